The zero-order valence-corrected chi connectivity index (χ0v) is 18.2. The third-order valence-electron chi connectivity index (χ3n) is 5.96. The summed E-state index contributed by atoms with van der Waals surface area (Å²) in [5, 5.41) is 31.0. The van der Waals surface area contributed by atoms with Gasteiger partial charge in [0.2, 0.25) is 11.8 Å². The molecule has 0 bridgehead atoms. The third kappa shape index (κ3) is 3.28. The Kier molecular flexibility index (Phi) is 5.07. The Balaban J connectivity index is 1.52. The van der Waals surface area contributed by atoms with Crippen LogP contribution >= 0.6 is 0 Å². The number of fused-ring (bicyclic) bond motifs is 1. The Hall–Kier alpha value is -3.68. The number of aliphatic imine (C=N–C) groups is 1. The number of carboxylic acid groups (broad SMARTS) is 1. The first-order valence-electron chi connectivity index (χ1n) is 9.77. The highest BCUT2D eigenvalue weighted by Gasteiger charge is 2.69. The summed E-state index contributed by atoms with van der Waals surface area (Å²) >= 11 is 0. The van der Waals surface area contributed by atoms with Crippen molar-refractivity contribution in [3.63, 3.8) is 0 Å². The molecule has 0 spiro atoms. The summed E-state index contributed by atoms with van der Waals surface area (Å²) in [6, 6.07) is 1.13. The molecule has 1 aromatic carbocycles. The summed E-state index contributed by atoms with van der Waals surface area (Å²) in [6.07, 6.45) is -0.222. The maximum absolute atomic E-state index is 12.8. The van der Waals surface area contributed by atoms with Gasteiger partial charge in [0.15, 0.2) is 33.4 Å². The summed E-state index contributed by atoms with van der Waals surface area (Å²) in [5.41, 5.74) is 2.47. The molecule has 33 heavy (non-hydrogen) atoms. The number of sulfone groups is 1. The van der Waals surface area contributed by atoms with E-state index in [1.807, 2.05) is 0 Å². The number of hydrazone groups is 1. The van der Waals surface area contributed by atoms with Crippen molar-refractivity contribution in [2.75, 3.05) is 0 Å². The summed E-state index contributed by atoms with van der Waals surface area (Å²) in [6.45, 7) is 2.70. The first-order valence-corrected chi connectivity index (χ1v) is 11.3. The molecule has 4 rings (SSSR count). The number of aliphatic carboxylic acids is 1. The lowest BCUT2D eigenvalue weighted by atomic mass is 9.97. The van der Waals surface area contributed by atoms with Crippen LogP contribution in [0.3, 0.4) is 0 Å². The Labute approximate surface area is 187 Å². The molecule has 176 valence electrons. The summed E-state index contributed by atoms with van der Waals surface area (Å²) in [5.74, 6) is -3.53. The minimum atomic E-state index is -4.11. The number of β-lactam (4-membered cyclic amide) rings is 1. The van der Waals surface area contributed by atoms with Crippen molar-refractivity contribution < 1.29 is 42.9 Å². The van der Waals surface area contributed by atoms with Crippen LogP contribution in [0, 0.1) is 0 Å². The molecule has 0 unspecified atom stereocenters. The predicted octanol–water partition coefficient (Wildman–Crippen LogP) is -1.07. The molecule has 0 aliphatic carbocycles. The SMILES string of the molecule is C[C@H]1OC(c2ccc(O)c(O)c2)=N[C@@H]1C(=O)N/N=C/[C@@]1(C)[C@H](C(=O)O)N2C(=O)C[C@H]2S1(=O)=O. The lowest BCUT2D eigenvalue weighted by Crippen LogP contribution is -2.57. The number of hydrogen-bond donors (Lipinski definition) is 4. The van der Waals surface area contributed by atoms with E-state index in [1.54, 1.807) is 6.92 Å². The number of ether oxygens (including phenoxy) is 1. The van der Waals surface area contributed by atoms with Gasteiger partial charge in [-0.25, -0.2) is 23.6 Å². The molecule has 3 aliphatic rings. The molecule has 0 aromatic heterocycles. The molecule has 2 amide bonds. The van der Waals surface area contributed by atoms with Crippen LogP contribution in [0.25, 0.3) is 0 Å². The van der Waals surface area contributed by atoms with E-state index < -0.39 is 61.7 Å². The van der Waals surface area contributed by atoms with Crippen LogP contribution in [-0.2, 0) is 29.0 Å². The molecule has 14 heteroatoms. The van der Waals surface area contributed by atoms with Crippen LogP contribution in [0.5, 0.6) is 11.5 Å². The quantitative estimate of drug-likeness (QED) is 0.176. The van der Waals surface area contributed by atoms with Crippen LogP contribution in [0.1, 0.15) is 25.8 Å². The van der Waals surface area contributed by atoms with Gasteiger partial charge in [0, 0.05) is 11.8 Å². The molecule has 0 radical (unpaired) electrons. The lowest BCUT2D eigenvalue weighted by Gasteiger charge is -2.35. The van der Waals surface area contributed by atoms with Crippen molar-refractivity contribution in [1.82, 2.24) is 10.3 Å². The maximum atomic E-state index is 12.8. The molecule has 3 aliphatic heterocycles. The Morgan fingerprint density at radius 2 is 2.03 bits per heavy atom. The molecule has 13 nitrogen and oxygen atoms in total. The van der Waals surface area contributed by atoms with Gasteiger partial charge >= 0.3 is 5.97 Å². The number of aromatic hydroxyl groups is 2. The van der Waals surface area contributed by atoms with E-state index >= 15 is 0 Å². The van der Waals surface area contributed by atoms with Gasteiger partial charge < -0.3 is 25.0 Å². The average Bonchev–Trinajstić information content (AvgIpc) is 3.18. The highest BCUT2D eigenvalue weighted by molar-refractivity contribution is 7.94. The van der Waals surface area contributed by atoms with Crippen LogP contribution in [0.4, 0.5) is 0 Å². The highest BCUT2D eigenvalue weighted by Crippen LogP contribution is 2.45. The van der Waals surface area contributed by atoms with Crippen LogP contribution in [0.2, 0.25) is 0 Å². The van der Waals surface area contributed by atoms with E-state index in [1.165, 1.54) is 18.2 Å². The second-order valence-electron chi connectivity index (χ2n) is 8.07. The third-order valence-corrected chi connectivity index (χ3v) is 8.62. The van der Waals surface area contributed by atoms with E-state index in [9.17, 15) is 38.1 Å². The second-order valence-corrected chi connectivity index (χ2v) is 10.6. The normalized spacial score (nSPS) is 32.1. The fourth-order valence-electron chi connectivity index (χ4n) is 4.07. The van der Waals surface area contributed by atoms with Crippen LogP contribution < -0.4 is 5.43 Å². The van der Waals surface area contributed by atoms with E-state index in [-0.39, 0.29) is 18.1 Å². The fraction of sp³-hybridized carbons (Fsp3) is 0.421. The first kappa shape index (κ1) is 22.5. The standard InChI is InChI=1S/C19H20N4O9S/c1-8-14(21-17(32-8)9-3-4-10(24)11(25)5-9)16(27)22-20-7-19(2)15(18(28)29)23-12(26)6-13(23)33(19,30)31/h3-5,7-8,13-15,24-25H,6H2,1-2H3,(H,22,27)(H,28,29)/b20-7+/t8-,13-,14+,15+,19+/m1/s1. The second kappa shape index (κ2) is 7.43. The van der Waals surface area contributed by atoms with Gasteiger partial charge in [0.05, 0.1) is 6.42 Å². The van der Waals surface area contributed by atoms with Gasteiger partial charge in [-0.1, -0.05) is 0 Å². The molecule has 2 saturated heterocycles. The number of amides is 2. The van der Waals surface area contributed by atoms with Crippen LogP contribution in [0.15, 0.2) is 28.3 Å². The largest absolute Gasteiger partial charge is 0.504 e. The topological polar surface area (TPSA) is 195 Å². The van der Waals surface area contributed by atoms with Crippen molar-refractivity contribution in [3.05, 3.63) is 23.8 Å². The smallest absolute Gasteiger partial charge is 0.328 e. The number of phenolic OH excluding ortho intramolecular Hbond substituents is 2. The van der Waals surface area contributed by atoms with Crippen molar-refractivity contribution in [1.29, 1.82) is 0 Å². The monoisotopic (exact) mass is 480 g/mol. The molecule has 5 atom stereocenters. The molecule has 0 saturated carbocycles. The molecule has 3 heterocycles. The number of hydrogen-bond acceptors (Lipinski definition) is 10. The number of nitrogens with one attached hydrogen (secondary N) is 1. The maximum Gasteiger partial charge on any atom is 0.328 e. The van der Waals surface area contributed by atoms with Gasteiger partial charge in [0.25, 0.3) is 5.91 Å². The molecule has 1 aromatic rings. The summed E-state index contributed by atoms with van der Waals surface area (Å²) in [4.78, 5) is 41.1. The van der Waals surface area contributed by atoms with Crippen molar-refractivity contribution in [2.24, 2.45) is 10.1 Å². The zero-order chi connectivity index (χ0) is 24.3. The lowest BCUT2D eigenvalue weighted by molar-refractivity contribution is -0.156. The zero-order valence-electron chi connectivity index (χ0n) is 17.4. The van der Waals surface area contributed by atoms with Gasteiger partial charge in [-0.2, -0.15) is 5.10 Å². The molecular formula is C19H20N4O9S. The number of carboxylic acids is 1. The van der Waals surface area contributed by atoms with Gasteiger partial charge in [-0.3, -0.25) is 9.59 Å². The Bertz CT molecular complexity index is 1230. The Morgan fingerprint density at radius 3 is 2.64 bits per heavy atom. The fourth-order valence-corrected chi connectivity index (χ4v) is 6.28. The number of phenols is 2. The Morgan fingerprint density at radius 1 is 1.33 bits per heavy atom. The minimum absolute atomic E-state index is 0.0427. The summed E-state index contributed by atoms with van der Waals surface area (Å²) < 4.78 is 29.2. The van der Waals surface area contributed by atoms with Gasteiger partial charge in [0.1, 0.15) is 16.2 Å². The molecule has 2 fully saturated rings. The molecule has 4 N–H and O–H groups in total. The molecular weight excluding hydrogens is 460 g/mol. The van der Waals surface area contributed by atoms with Gasteiger partial charge in [-0.05, 0) is 32.0 Å². The minimum Gasteiger partial charge on any atom is -0.504 e. The first-order chi connectivity index (χ1) is 15.4. The van der Waals surface area contributed by atoms with Crippen molar-refractivity contribution >= 4 is 39.7 Å². The van der Waals surface area contributed by atoms with Crippen molar-refractivity contribution in [3.8, 4) is 11.5 Å². The van der Waals surface area contributed by atoms with E-state index in [0.717, 1.165) is 18.0 Å². The van der Waals surface area contributed by atoms with Crippen molar-refractivity contribution in [2.45, 2.75) is 48.6 Å². The van der Waals surface area contributed by atoms with E-state index in [2.05, 4.69) is 15.5 Å². The number of carbonyl (C=O) groups is 3. The van der Waals surface area contributed by atoms with E-state index in [4.69, 9.17) is 4.74 Å². The highest BCUT2D eigenvalue weighted by atomic mass is 32.2. The number of carbonyl (C=O) groups excluding carboxylic acids is 2. The van der Waals surface area contributed by atoms with Gasteiger partial charge in [-0.15, -0.1) is 0 Å². The van der Waals surface area contributed by atoms with Crippen LogP contribution in [-0.4, -0.2) is 86.8 Å². The summed E-state index contributed by atoms with van der Waals surface area (Å²) in [7, 11) is -4.11. The average molecular weight is 480 g/mol. The van der Waals surface area contributed by atoms with E-state index in [0.29, 0.717) is 5.56 Å². The number of nitrogens with zero attached hydrogens (tertiary/aromatic N) is 3. The number of benzene rings is 1. The number of rotatable bonds is 5. The predicted molar refractivity (Wildman–Crippen MR) is 111 cm³/mol.